The Morgan fingerprint density at radius 3 is 2.58 bits per heavy atom. The molecule has 1 aromatic rings. The van der Waals surface area contributed by atoms with Gasteiger partial charge in [0.25, 0.3) is 0 Å². The van der Waals surface area contributed by atoms with Gasteiger partial charge in [-0.3, -0.25) is 10.00 Å². The van der Waals surface area contributed by atoms with Crippen LogP contribution in [-0.2, 0) is 6.54 Å². The van der Waals surface area contributed by atoms with Gasteiger partial charge in [-0.25, -0.2) is 0 Å². The summed E-state index contributed by atoms with van der Waals surface area (Å²) in [6, 6.07) is 2.25. The maximum absolute atomic E-state index is 12.8. The van der Waals surface area contributed by atoms with E-state index < -0.39 is 11.7 Å². The van der Waals surface area contributed by atoms with Crippen molar-refractivity contribution < 1.29 is 13.2 Å². The van der Waals surface area contributed by atoms with Crippen LogP contribution in [0.5, 0.6) is 0 Å². The molecule has 0 spiro atoms. The van der Waals surface area contributed by atoms with Crippen molar-refractivity contribution >= 4 is 0 Å². The zero-order valence-electron chi connectivity index (χ0n) is 10.7. The molecule has 1 N–H and O–H groups in total. The summed E-state index contributed by atoms with van der Waals surface area (Å²) in [5.41, 5.74) is -0.952. The largest absolute Gasteiger partial charge is 0.406 e. The van der Waals surface area contributed by atoms with Gasteiger partial charge in [0.05, 0.1) is 11.7 Å². The first-order chi connectivity index (χ1) is 9.00. The van der Waals surface area contributed by atoms with E-state index in [0.29, 0.717) is 11.7 Å². The van der Waals surface area contributed by atoms with Crippen molar-refractivity contribution in [2.24, 2.45) is 0 Å². The molecule has 2 fully saturated rings. The minimum Gasteiger partial charge on any atom is -0.298 e. The number of nitrogens with zero attached hydrogens (tertiary/aromatic N) is 2. The molecule has 2 aliphatic rings. The molecule has 106 valence electrons. The monoisotopic (exact) mass is 273 g/mol. The van der Waals surface area contributed by atoms with Gasteiger partial charge in [0, 0.05) is 12.7 Å². The Bertz CT molecular complexity index is 442. The molecular formula is C13H18F3N3. The van der Waals surface area contributed by atoms with E-state index in [9.17, 15) is 13.2 Å². The second-order valence-electron chi connectivity index (χ2n) is 5.66. The average molecular weight is 273 g/mol. The Hall–Kier alpha value is -1.04. The van der Waals surface area contributed by atoms with Gasteiger partial charge < -0.3 is 0 Å². The highest BCUT2D eigenvalue weighted by atomic mass is 19.4. The first-order valence-electron chi connectivity index (χ1n) is 6.86. The Labute approximate surface area is 110 Å². The number of alkyl halides is 3. The van der Waals surface area contributed by atoms with Crippen LogP contribution in [0, 0.1) is 0 Å². The smallest absolute Gasteiger partial charge is 0.298 e. The number of rotatable bonds is 4. The number of hydrogen-bond donors (Lipinski definition) is 1. The summed E-state index contributed by atoms with van der Waals surface area (Å²) in [5.74, 6) is 0. The van der Waals surface area contributed by atoms with E-state index in [2.05, 4.69) is 10.4 Å². The number of hydrogen-bond acceptors (Lipinski definition) is 2. The van der Waals surface area contributed by atoms with Crippen molar-refractivity contribution in [3.8, 4) is 0 Å². The third-order valence-corrected chi connectivity index (χ3v) is 4.26. The van der Waals surface area contributed by atoms with Crippen LogP contribution in [0.2, 0.25) is 0 Å². The summed E-state index contributed by atoms with van der Waals surface area (Å²) >= 11 is 0. The van der Waals surface area contributed by atoms with Crippen molar-refractivity contribution in [2.75, 3.05) is 0 Å². The SMILES string of the molecule is FC(F)(F)C1(NCc2ccn(C3CCCC3)n2)CC1. The van der Waals surface area contributed by atoms with Crippen LogP contribution < -0.4 is 5.32 Å². The molecule has 1 aromatic heterocycles. The van der Waals surface area contributed by atoms with E-state index in [-0.39, 0.29) is 19.4 Å². The summed E-state index contributed by atoms with van der Waals surface area (Å²) in [6.07, 6.45) is 2.79. The highest BCUT2D eigenvalue weighted by Gasteiger charge is 2.62. The van der Waals surface area contributed by atoms with Crippen molar-refractivity contribution in [1.29, 1.82) is 0 Å². The number of halogens is 3. The number of nitrogens with one attached hydrogen (secondary N) is 1. The highest BCUT2D eigenvalue weighted by molar-refractivity contribution is 5.10. The van der Waals surface area contributed by atoms with Crippen molar-refractivity contribution in [3.05, 3.63) is 18.0 Å². The summed E-state index contributed by atoms with van der Waals surface area (Å²) in [4.78, 5) is 0. The second kappa shape index (κ2) is 4.51. The van der Waals surface area contributed by atoms with Gasteiger partial charge in [0.15, 0.2) is 0 Å². The van der Waals surface area contributed by atoms with Gasteiger partial charge in [-0.15, -0.1) is 0 Å². The summed E-state index contributed by atoms with van der Waals surface area (Å²) < 4.78 is 40.2. The van der Waals surface area contributed by atoms with Gasteiger partial charge in [-0.05, 0) is 31.7 Å². The van der Waals surface area contributed by atoms with E-state index in [1.165, 1.54) is 12.8 Å². The molecular weight excluding hydrogens is 255 g/mol. The first kappa shape index (κ1) is 13.0. The normalized spacial score (nSPS) is 22.9. The molecule has 3 rings (SSSR count). The zero-order valence-corrected chi connectivity index (χ0v) is 10.7. The third-order valence-electron chi connectivity index (χ3n) is 4.26. The van der Waals surface area contributed by atoms with Crippen LogP contribution in [0.25, 0.3) is 0 Å². The first-order valence-corrected chi connectivity index (χ1v) is 6.86. The maximum Gasteiger partial charge on any atom is 0.406 e. The van der Waals surface area contributed by atoms with Gasteiger partial charge >= 0.3 is 6.18 Å². The Morgan fingerprint density at radius 2 is 2.00 bits per heavy atom. The molecule has 6 heteroatoms. The fraction of sp³-hybridized carbons (Fsp3) is 0.769. The van der Waals surface area contributed by atoms with Crippen LogP contribution >= 0.6 is 0 Å². The van der Waals surface area contributed by atoms with Gasteiger partial charge in [0.2, 0.25) is 0 Å². The highest BCUT2D eigenvalue weighted by Crippen LogP contribution is 2.49. The molecule has 0 saturated heterocycles. The average Bonchev–Trinajstić information content (AvgIpc) is 2.80. The zero-order chi connectivity index (χ0) is 13.5. The molecule has 3 nitrogen and oxygen atoms in total. The third kappa shape index (κ3) is 2.50. The predicted octanol–water partition coefficient (Wildman–Crippen LogP) is 3.18. The van der Waals surface area contributed by atoms with Crippen LogP contribution in [0.15, 0.2) is 12.3 Å². The second-order valence-corrected chi connectivity index (χ2v) is 5.66. The predicted molar refractivity (Wildman–Crippen MR) is 64.6 cm³/mol. The molecule has 0 radical (unpaired) electrons. The van der Waals surface area contributed by atoms with Gasteiger partial charge in [0.1, 0.15) is 5.54 Å². The summed E-state index contributed by atoms with van der Waals surface area (Å²) in [7, 11) is 0. The molecule has 0 amide bonds. The lowest BCUT2D eigenvalue weighted by Gasteiger charge is -2.20. The minimum atomic E-state index is -4.15. The van der Waals surface area contributed by atoms with E-state index in [1.54, 1.807) is 0 Å². The number of aromatic nitrogens is 2. The van der Waals surface area contributed by atoms with Crippen LogP contribution in [0.4, 0.5) is 13.2 Å². The molecule has 0 atom stereocenters. The molecule has 2 saturated carbocycles. The fourth-order valence-electron chi connectivity index (χ4n) is 2.79. The quantitative estimate of drug-likeness (QED) is 0.913. The summed E-state index contributed by atoms with van der Waals surface area (Å²) in [5, 5.41) is 7.02. The minimum absolute atomic E-state index is 0.180. The maximum atomic E-state index is 12.8. The Balaban J connectivity index is 1.59. The van der Waals surface area contributed by atoms with E-state index in [1.807, 2.05) is 16.9 Å². The molecule has 2 aliphatic carbocycles. The molecule has 1 heterocycles. The molecule has 0 aliphatic heterocycles. The summed E-state index contributed by atoms with van der Waals surface area (Å²) in [6.45, 7) is 0.194. The van der Waals surface area contributed by atoms with E-state index in [0.717, 1.165) is 12.8 Å². The molecule has 19 heavy (non-hydrogen) atoms. The lowest BCUT2D eigenvalue weighted by atomic mass is 10.2. The molecule has 0 unspecified atom stereocenters. The lowest BCUT2D eigenvalue weighted by Crippen LogP contribution is -2.44. The van der Waals surface area contributed by atoms with Crippen molar-refractivity contribution in [2.45, 2.75) is 62.8 Å². The van der Waals surface area contributed by atoms with Crippen LogP contribution in [0.1, 0.15) is 50.3 Å². The fourth-order valence-corrected chi connectivity index (χ4v) is 2.79. The Morgan fingerprint density at radius 1 is 1.32 bits per heavy atom. The Kier molecular flexibility index (Phi) is 3.08. The lowest BCUT2D eigenvalue weighted by molar-refractivity contribution is -0.166. The molecule has 0 aromatic carbocycles. The van der Waals surface area contributed by atoms with Crippen LogP contribution in [-0.4, -0.2) is 21.5 Å². The standard InChI is InChI=1S/C13H18F3N3/c14-13(15,16)12(6-7-12)17-9-10-5-8-19(18-10)11-3-1-2-4-11/h5,8,11,17H,1-4,6-7,9H2. The topological polar surface area (TPSA) is 29.9 Å². The molecule has 0 bridgehead atoms. The van der Waals surface area contributed by atoms with Gasteiger partial charge in [-0.2, -0.15) is 18.3 Å². The van der Waals surface area contributed by atoms with Crippen molar-refractivity contribution in [3.63, 3.8) is 0 Å². The van der Waals surface area contributed by atoms with E-state index in [4.69, 9.17) is 0 Å². The van der Waals surface area contributed by atoms with Crippen molar-refractivity contribution in [1.82, 2.24) is 15.1 Å². The van der Waals surface area contributed by atoms with Gasteiger partial charge in [-0.1, -0.05) is 12.8 Å². The van der Waals surface area contributed by atoms with Crippen LogP contribution in [0.3, 0.4) is 0 Å². The van der Waals surface area contributed by atoms with E-state index >= 15 is 0 Å².